The lowest BCUT2D eigenvalue weighted by Gasteiger charge is -2.23. The van der Waals surface area contributed by atoms with E-state index in [-0.39, 0.29) is 0 Å². The van der Waals surface area contributed by atoms with Crippen LogP contribution >= 0.6 is 11.8 Å². The van der Waals surface area contributed by atoms with E-state index in [9.17, 15) is 0 Å². The number of hydrogen-bond acceptors (Lipinski definition) is 2. The van der Waals surface area contributed by atoms with Gasteiger partial charge in [-0.05, 0) is 13.0 Å². The fraction of sp³-hybridized carbons (Fsp3) is 1.00. The molecule has 0 aromatic rings. The summed E-state index contributed by atoms with van der Waals surface area (Å²) in [6, 6.07) is 0.714. The Kier molecular flexibility index (Phi) is 8.64. The Hall–Kier alpha value is 0.310. The number of hydrogen-bond donors (Lipinski definition) is 1. The van der Waals surface area contributed by atoms with E-state index in [0.717, 1.165) is 6.54 Å². The number of thioether (sulfide) groups is 1. The van der Waals surface area contributed by atoms with Crippen LogP contribution in [0.3, 0.4) is 0 Å². The Balaban J connectivity index is 3.72. The van der Waals surface area contributed by atoms with Crippen LogP contribution < -0.4 is 5.32 Å². The van der Waals surface area contributed by atoms with Crippen molar-refractivity contribution in [3.8, 4) is 0 Å². The zero-order valence-corrected chi connectivity index (χ0v) is 12.0. The molecule has 0 saturated carbocycles. The normalized spacial score (nSPS) is 14.2. The molecule has 1 unspecified atom stereocenters. The van der Waals surface area contributed by atoms with Crippen molar-refractivity contribution < 1.29 is 0 Å². The van der Waals surface area contributed by atoms with Gasteiger partial charge in [0.1, 0.15) is 0 Å². The molecule has 0 radical (unpaired) electrons. The SMILES string of the molecule is CCCCCC(CSC(C)(C)C)NCC. The monoisotopic (exact) mass is 231 g/mol. The van der Waals surface area contributed by atoms with Crippen LogP contribution in [-0.4, -0.2) is 23.1 Å². The molecule has 0 aliphatic heterocycles. The van der Waals surface area contributed by atoms with Crippen molar-refractivity contribution in [1.29, 1.82) is 0 Å². The summed E-state index contributed by atoms with van der Waals surface area (Å²) in [5, 5.41) is 3.59. The van der Waals surface area contributed by atoms with Crippen LogP contribution in [0.2, 0.25) is 0 Å². The van der Waals surface area contributed by atoms with Crippen LogP contribution in [0.1, 0.15) is 60.3 Å². The van der Waals surface area contributed by atoms with Crippen molar-refractivity contribution in [2.45, 2.75) is 71.1 Å². The maximum absolute atomic E-state index is 3.59. The van der Waals surface area contributed by atoms with Crippen molar-refractivity contribution in [3.05, 3.63) is 0 Å². The molecule has 0 aromatic carbocycles. The molecule has 2 heteroatoms. The summed E-state index contributed by atoms with van der Waals surface area (Å²) >= 11 is 2.08. The summed E-state index contributed by atoms with van der Waals surface area (Å²) in [5.74, 6) is 1.25. The molecular weight excluding hydrogens is 202 g/mol. The summed E-state index contributed by atoms with van der Waals surface area (Å²) in [6.45, 7) is 12.5. The van der Waals surface area contributed by atoms with E-state index >= 15 is 0 Å². The predicted octanol–water partition coefficient (Wildman–Crippen LogP) is 4.08. The van der Waals surface area contributed by atoms with E-state index in [1.807, 2.05) is 0 Å². The molecule has 0 fully saturated rings. The lowest BCUT2D eigenvalue weighted by Crippen LogP contribution is -2.32. The zero-order chi connectivity index (χ0) is 11.7. The van der Waals surface area contributed by atoms with Crippen LogP contribution in [0.25, 0.3) is 0 Å². The highest BCUT2D eigenvalue weighted by Crippen LogP contribution is 2.24. The Bertz CT molecular complexity index is 140. The lowest BCUT2D eigenvalue weighted by atomic mass is 10.1. The Morgan fingerprint density at radius 1 is 1.13 bits per heavy atom. The molecule has 92 valence electrons. The van der Waals surface area contributed by atoms with E-state index in [1.54, 1.807) is 0 Å². The standard InChI is InChI=1S/C13H29NS/c1-6-8-9-10-12(14-7-2)11-15-13(3,4)5/h12,14H,6-11H2,1-5H3. The predicted molar refractivity (Wildman–Crippen MR) is 73.8 cm³/mol. The van der Waals surface area contributed by atoms with Crippen molar-refractivity contribution in [1.82, 2.24) is 5.32 Å². The van der Waals surface area contributed by atoms with Gasteiger partial charge in [0, 0.05) is 16.5 Å². The van der Waals surface area contributed by atoms with Crippen LogP contribution in [0.15, 0.2) is 0 Å². The lowest BCUT2D eigenvalue weighted by molar-refractivity contribution is 0.505. The summed E-state index contributed by atoms with van der Waals surface area (Å²) in [5.41, 5.74) is 0. The molecule has 0 spiro atoms. The molecule has 15 heavy (non-hydrogen) atoms. The van der Waals surface area contributed by atoms with E-state index in [0.29, 0.717) is 10.8 Å². The fourth-order valence-electron chi connectivity index (χ4n) is 1.52. The van der Waals surface area contributed by atoms with Gasteiger partial charge < -0.3 is 5.32 Å². The molecule has 0 amide bonds. The second kappa shape index (κ2) is 8.46. The summed E-state index contributed by atoms with van der Waals surface area (Å²) in [4.78, 5) is 0. The molecule has 0 rings (SSSR count). The average molecular weight is 231 g/mol. The van der Waals surface area contributed by atoms with Crippen molar-refractivity contribution in [2.24, 2.45) is 0 Å². The highest BCUT2D eigenvalue weighted by Gasteiger charge is 2.14. The molecule has 0 saturated heterocycles. The van der Waals surface area contributed by atoms with Gasteiger partial charge in [0.15, 0.2) is 0 Å². The topological polar surface area (TPSA) is 12.0 Å². The first kappa shape index (κ1) is 15.3. The molecule has 0 bridgehead atoms. The molecule has 1 atom stereocenters. The quantitative estimate of drug-likeness (QED) is 0.632. The molecular formula is C13H29NS. The van der Waals surface area contributed by atoms with E-state index in [2.05, 4.69) is 51.7 Å². The van der Waals surface area contributed by atoms with Crippen molar-refractivity contribution >= 4 is 11.8 Å². The number of unbranched alkanes of at least 4 members (excludes halogenated alkanes) is 2. The molecule has 0 aliphatic rings. The molecule has 0 aliphatic carbocycles. The van der Waals surface area contributed by atoms with Gasteiger partial charge in [-0.25, -0.2) is 0 Å². The maximum atomic E-state index is 3.59. The van der Waals surface area contributed by atoms with Crippen LogP contribution in [0.4, 0.5) is 0 Å². The molecule has 0 aromatic heterocycles. The summed E-state index contributed by atoms with van der Waals surface area (Å²) in [7, 11) is 0. The molecule has 1 N–H and O–H groups in total. The van der Waals surface area contributed by atoms with Gasteiger partial charge in [0.05, 0.1) is 0 Å². The van der Waals surface area contributed by atoms with E-state index in [4.69, 9.17) is 0 Å². The van der Waals surface area contributed by atoms with Crippen molar-refractivity contribution in [3.63, 3.8) is 0 Å². The maximum Gasteiger partial charge on any atom is 0.0158 e. The van der Waals surface area contributed by atoms with Gasteiger partial charge in [-0.3, -0.25) is 0 Å². The van der Waals surface area contributed by atoms with Crippen LogP contribution in [0, 0.1) is 0 Å². The van der Waals surface area contributed by atoms with Gasteiger partial charge in [-0.15, -0.1) is 0 Å². The second-order valence-electron chi connectivity index (χ2n) is 5.17. The second-order valence-corrected chi connectivity index (χ2v) is 7.02. The average Bonchev–Trinajstić information content (AvgIpc) is 2.13. The first-order chi connectivity index (χ1) is 6.99. The van der Waals surface area contributed by atoms with Gasteiger partial charge in [-0.1, -0.05) is 53.9 Å². The van der Waals surface area contributed by atoms with Crippen LogP contribution in [-0.2, 0) is 0 Å². The Labute approximate surface area is 101 Å². The highest BCUT2D eigenvalue weighted by molar-refractivity contribution is 8.00. The smallest absolute Gasteiger partial charge is 0.0158 e. The number of rotatable bonds is 8. The summed E-state index contributed by atoms with van der Waals surface area (Å²) in [6.07, 6.45) is 5.41. The van der Waals surface area contributed by atoms with Gasteiger partial charge >= 0.3 is 0 Å². The first-order valence-corrected chi connectivity index (χ1v) is 7.35. The first-order valence-electron chi connectivity index (χ1n) is 6.37. The highest BCUT2D eigenvalue weighted by atomic mass is 32.2. The minimum Gasteiger partial charge on any atom is -0.313 e. The van der Waals surface area contributed by atoms with Gasteiger partial charge in [0.2, 0.25) is 0 Å². The van der Waals surface area contributed by atoms with Gasteiger partial charge in [0.25, 0.3) is 0 Å². The van der Waals surface area contributed by atoms with E-state index in [1.165, 1.54) is 31.4 Å². The Morgan fingerprint density at radius 3 is 2.27 bits per heavy atom. The molecule has 0 heterocycles. The third kappa shape index (κ3) is 10.6. The van der Waals surface area contributed by atoms with E-state index < -0.39 is 0 Å². The third-order valence-electron chi connectivity index (χ3n) is 2.37. The number of nitrogens with one attached hydrogen (secondary N) is 1. The minimum absolute atomic E-state index is 0.401. The molecule has 1 nitrogen and oxygen atoms in total. The largest absolute Gasteiger partial charge is 0.313 e. The Morgan fingerprint density at radius 2 is 1.80 bits per heavy atom. The van der Waals surface area contributed by atoms with Crippen LogP contribution in [0.5, 0.6) is 0 Å². The zero-order valence-electron chi connectivity index (χ0n) is 11.2. The van der Waals surface area contributed by atoms with Gasteiger partial charge in [-0.2, -0.15) is 11.8 Å². The third-order valence-corrected chi connectivity index (χ3v) is 3.80. The fourth-order valence-corrected chi connectivity index (χ4v) is 2.51. The summed E-state index contributed by atoms with van der Waals surface area (Å²) < 4.78 is 0.401. The van der Waals surface area contributed by atoms with Crippen molar-refractivity contribution in [2.75, 3.05) is 12.3 Å². The minimum atomic E-state index is 0.401.